The molecule has 0 saturated carbocycles. The topological polar surface area (TPSA) is 50.7 Å². The monoisotopic (exact) mass is 367 g/mol. The van der Waals surface area contributed by atoms with Gasteiger partial charge < -0.3 is 19.9 Å². The highest BCUT2D eigenvalue weighted by molar-refractivity contribution is 6.31. The van der Waals surface area contributed by atoms with E-state index in [-0.39, 0.29) is 19.3 Å². The van der Waals surface area contributed by atoms with Crippen molar-refractivity contribution in [1.82, 2.24) is 5.32 Å². The number of hydrogen-bond acceptors (Lipinski definition) is 4. The lowest BCUT2D eigenvalue weighted by atomic mass is 10.1. The largest absolute Gasteiger partial charge is 0.493 e. The highest BCUT2D eigenvalue weighted by Crippen LogP contribution is 2.30. The van der Waals surface area contributed by atoms with E-state index in [9.17, 15) is 9.50 Å². The van der Waals surface area contributed by atoms with Crippen LogP contribution >= 0.6 is 11.6 Å². The van der Waals surface area contributed by atoms with Crippen molar-refractivity contribution in [1.29, 1.82) is 0 Å². The number of methoxy groups -OCH3 is 1. The van der Waals surface area contributed by atoms with Crippen molar-refractivity contribution in [2.75, 3.05) is 13.7 Å². The Morgan fingerprint density at radius 3 is 2.68 bits per heavy atom. The van der Waals surface area contributed by atoms with Gasteiger partial charge in [0, 0.05) is 18.2 Å². The number of aliphatic hydroxyl groups is 1. The normalized spacial score (nSPS) is 12.0. The molecule has 2 rings (SSSR count). The molecule has 2 aromatic carbocycles. The maximum Gasteiger partial charge on any atom is 0.161 e. The molecule has 0 fully saturated rings. The zero-order chi connectivity index (χ0) is 18.2. The molecule has 0 aliphatic heterocycles. The fourth-order valence-electron chi connectivity index (χ4n) is 2.36. The first-order valence-corrected chi connectivity index (χ1v) is 8.53. The quantitative estimate of drug-likeness (QED) is 0.705. The number of ether oxygens (including phenoxy) is 2. The lowest BCUT2D eigenvalue weighted by molar-refractivity contribution is 0.238. The Labute approximate surface area is 152 Å². The van der Waals surface area contributed by atoms with E-state index in [1.54, 1.807) is 25.3 Å². The number of rotatable bonds is 9. The highest BCUT2D eigenvalue weighted by Gasteiger charge is 2.11. The fraction of sp³-hybridized carbons (Fsp3) is 0.368. The van der Waals surface area contributed by atoms with Crippen LogP contribution < -0.4 is 14.8 Å². The number of hydrogen-bond donors (Lipinski definition) is 2. The molecule has 25 heavy (non-hydrogen) atoms. The van der Waals surface area contributed by atoms with Crippen LogP contribution in [0.15, 0.2) is 36.4 Å². The predicted molar refractivity (Wildman–Crippen MR) is 96.7 cm³/mol. The van der Waals surface area contributed by atoms with E-state index in [1.165, 1.54) is 6.07 Å². The zero-order valence-electron chi connectivity index (χ0n) is 14.4. The molecule has 1 atom stereocenters. The Kier molecular flexibility index (Phi) is 7.50. The summed E-state index contributed by atoms with van der Waals surface area (Å²) in [6.07, 6.45) is 0.845. The minimum Gasteiger partial charge on any atom is -0.493 e. The summed E-state index contributed by atoms with van der Waals surface area (Å²) in [6, 6.07) is 10.1. The van der Waals surface area contributed by atoms with Gasteiger partial charge in [-0.15, -0.1) is 0 Å². The summed E-state index contributed by atoms with van der Waals surface area (Å²) in [5.41, 5.74) is 1.31. The molecule has 0 spiro atoms. The molecule has 0 saturated heterocycles. The molecule has 1 unspecified atom stereocenters. The highest BCUT2D eigenvalue weighted by atomic mass is 35.5. The molecule has 6 heteroatoms. The van der Waals surface area contributed by atoms with Crippen LogP contribution in [-0.4, -0.2) is 24.9 Å². The molecule has 2 N–H and O–H groups in total. The average Bonchev–Trinajstić information content (AvgIpc) is 2.62. The first-order valence-electron chi connectivity index (χ1n) is 8.15. The summed E-state index contributed by atoms with van der Waals surface area (Å²) in [7, 11) is 1.55. The first kappa shape index (κ1) is 19.5. The van der Waals surface area contributed by atoms with Gasteiger partial charge in [0.25, 0.3) is 0 Å². The first-order chi connectivity index (χ1) is 12.1. The van der Waals surface area contributed by atoms with E-state index in [0.29, 0.717) is 28.6 Å². The second kappa shape index (κ2) is 9.61. The van der Waals surface area contributed by atoms with Crippen LogP contribution in [0.2, 0.25) is 5.02 Å². The molecule has 136 valence electrons. The third-order valence-corrected chi connectivity index (χ3v) is 4.32. The van der Waals surface area contributed by atoms with E-state index < -0.39 is 5.82 Å². The van der Waals surface area contributed by atoms with Gasteiger partial charge in [-0.2, -0.15) is 0 Å². The summed E-state index contributed by atoms with van der Waals surface area (Å²) < 4.78 is 24.9. The van der Waals surface area contributed by atoms with Gasteiger partial charge in [0.2, 0.25) is 0 Å². The predicted octanol–water partition coefficient (Wildman–Crippen LogP) is 3.93. The molecule has 0 aromatic heterocycles. The number of aliphatic hydroxyl groups excluding tert-OH is 1. The van der Waals surface area contributed by atoms with Gasteiger partial charge >= 0.3 is 0 Å². The molecular formula is C19H23ClFNO3. The Morgan fingerprint density at radius 2 is 2.04 bits per heavy atom. The van der Waals surface area contributed by atoms with Crippen molar-refractivity contribution in [3.05, 3.63) is 58.4 Å². The standard InChI is InChI=1S/C19H23ClFNO3/c1-3-14(11-23)22-10-13-7-8-18(19(9-13)24-2)25-12-15-16(20)5-4-6-17(15)21/h4-9,14,22-23H,3,10-12H2,1-2H3. The third kappa shape index (κ3) is 5.33. The summed E-state index contributed by atoms with van der Waals surface area (Å²) in [6.45, 7) is 2.73. The summed E-state index contributed by atoms with van der Waals surface area (Å²) in [5, 5.41) is 12.8. The maximum atomic E-state index is 13.8. The van der Waals surface area contributed by atoms with Crippen LogP contribution in [0.3, 0.4) is 0 Å². The Balaban J connectivity index is 2.06. The van der Waals surface area contributed by atoms with Crippen LogP contribution in [-0.2, 0) is 13.2 Å². The van der Waals surface area contributed by atoms with E-state index in [0.717, 1.165) is 12.0 Å². The van der Waals surface area contributed by atoms with Gasteiger partial charge in [-0.25, -0.2) is 4.39 Å². The van der Waals surface area contributed by atoms with E-state index in [4.69, 9.17) is 21.1 Å². The molecule has 0 amide bonds. The van der Waals surface area contributed by atoms with Crippen molar-refractivity contribution in [3.8, 4) is 11.5 Å². The van der Waals surface area contributed by atoms with Crippen LogP contribution in [0.25, 0.3) is 0 Å². The van der Waals surface area contributed by atoms with E-state index in [1.807, 2.05) is 19.1 Å². The summed E-state index contributed by atoms with van der Waals surface area (Å²) >= 11 is 6.01. The molecule has 4 nitrogen and oxygen atoms in total. The van der Waals surface area contributed by atoms with Gasteiger partial charge in [0.05, 0.1) is 18.7 Å². The summed E-state index contributed by atoms with van der Waals surface area (Å²) in [4.78, 5) is 0. The Morgan fingerprint density at radius 1 is 1.24 bits per heavy atom. The van der Waals surface area contributed by atoms with Gasteiger partial charge in [-0.1, -0.05) is 30.7 Å². The van der Waals surface area contributed by atoms with Gasteiger partial charge in [-0.3, -0.25) is 0 Å². The second-order valence-corrected chi connectivity index (χ2v) is 6.05. The molecule has 0 bridgehead atoms. The Hall–Kier alpha value is -1.82. The molecule has 0 aliphatic rings. The van der Waals surface area contributed by atoms with Gasteiger partial charge in [0.15, 0.2) is 11.5 Å². The Bertz CT molecular complexity index is 672. The number of benzene rings is 2. The average molecular weight is 368 g/mol. The minimum absolute atomic E-state index is 0.0158. The summed E-state index contributed by atoms with van der Waals surface area (Å²) in [5.74, 6) is 0.672. The zero-order valence-corrected chi connectivity index (χ0v) is 15.1. The lowest BCUT2D eigenvalue weighted by Gasteiger charge is -2.16. The molecule has 0 heterocycles. The molecular weight excluding hydrogens is 345 g/mol. The van der Waals surface area contributed by atoms with Crippen molar-refractivity contribution >= 4 is 11.6 Å². The van der Waals surface area contributed by atoms with Gasteiger partial charge in [0.1, 0.15) is 12.4 Å². The van der Waals surface area contributed by atoms with E-state index in [2.05, 4.69) is 5.32 Å². The van der Waals surface area contributed by atoms with E-state index >= 15 is 0 Å². The smallest absolute Gasteiger partial charge is 0.161 e. The van der Waals surface area contributed by atoms with Crippen molar-refractivity contribution in [2.24, 2.45) is 0 Å². The second-order valence-electron chi connectivity index (χ2n) is 5.64. The SMILES string of the molecule is CCC(CO)NCc1ccc(OCc2c(F)cccc2Cl)c(OC)c1. The number of halogens is 2. The molecule has 0 radical (unpaired) electrons. The van der Waals surface area contributed by atoms with Crippen molar-refractivity contribution < 1.29 is 19.0 Å². The van der Waals surface area contributed by atoms with Gasteiger partial charge in [-0.05, 0) is 36.2 Å². The van der Waals surface area contributed by atoms with Crippen molar-refractivity contribution in [3.63, 3.8) is 0 Å². The van der Waals surface area contributed by atoms with Crippen LogP contribution in [0.5, 0.6) is 11.5 Å². The van der Waals surface area contributed by atoms with Crippen LogP contribution in [0.4, 0.5) is 4.39 Å². The maximum absolute atomic E-state index is 13.8. The minimum atomic E-state index is -0.401. The molecule has 2 aromatic rings. The molecule has 0 aliphatic carbocycles. The fourth-order valence-corrected chi connectivity index (χ4v) is 2.58. The van der Waals surface area contributed by atoms with Crippen LogP contribution in [0.1, 0.15) is 24.5 Å². The third-order valence-electron chi connectivity index (χ3n) is 3.97. The van der Waals surface area contributed by atoms with Crippen molar-refractivity contribution in [2.45, 2.75) is 32.5 Å². The lowest BCUT2D eigenvalue weighted by Crippen LogP contribution is -2.31. The number of nitrogens with one attached hydrogen (secondary N) is 1. The van der Waals surface area contributed by atoms with Crippen LogP contribution in [0, 0.1) is 5.82 Å².